The van der Waals surface area contributed by atoms with Crippen LogP contribution in [0.3, 0.4) is 0 Å². The van der Waals surface area contributed by atoms with Crippen LogP contribution in [-0.4, -0.2) is 18.3 Å². The van der Waals surface area contributed by atoms with E-state index < -0.39 is 6.10 Å². The molecule has 0 saturated heterocycles. The molecule has 0 amide bonds. The van der Waals surface area contributed by atoms with Gasteiger partial charge in [0.15, 0.2) is 11.5 Å². The first-order valence-corrected chi connectivity index (χ1v) is 8.22. The van der Waals surface area contributed by atoms with Crippen LogP contribution in [0.1, 0.15) is 51.2 Å². The predicted molar refractivity (Wildman–Crippen MR) is 83.4 cm³/mol. The van der Waals surface area contributed by atoms with E-state index in [0.29, 0.717) is 19.1 Å². The van der Waals surface area contributed by atoms with Gasteiger partial charge in [0, 0.05) is 6.42 Å². The Balaban J connectivity index is 2.20. The van der Waals surface area contributed by atoms with Gasteiger partial charge >= 0.3 is 0 Å². The Kier molecular flexibility index (Phi) is 5.73. The number of aliphatic hydroxyl groups excluding tert-OH is 1. The van der Waals surface area contributed by atoms with Crippen molar-refractivity contribution < 1.29 is 14.6 Å². The molecule has 0 aliphatic carbocycles. The maximum Gasteiger partial charge on any atom is 0.175 e. The predicted octanol–water partition coefficient (Wildman–Crippen LogP) is 4.47. The summed E-state index contributed by atoms with van der Waals surface area (Å²) < 4.78 is 12.3. The summed E-state index contributed by atoms with van der Waals surface area (Å²) in [5, 5.41) is 10.4. The van der Waals surface area contributed by atoms with Crippen LogP contribution in [0, 0.1) is 5.92 Å². The SMILES string of the molecule is CCC(CC)CC(O)c1cc(Br)c2c(c1)OCCCO2. The first-order chi connectivity index (χ1) is 9.65. The molecule has 1 atom stereocenters. The van der Waals surface area contributed by atoms with E-state index in [-0.39, 0.29) is 0 Å². The fraction of sp³-hybridized carbons (Fsp3) is 0.625. The summed E-state index contributed by atoms with van der Waals surface area (Å²) in [5.74, 6) is 2.04. The van der Waals surface area contributed by atoms with Gasteiger partial charge in [-0.15, -0.1) is 0 Å². The minimum atomic E-state index is -0.451. The number of fused-ring (bicyclic) bond motifs is 1. The van der Waals surface area contributed by atoms with E-state index in [9.17, 15) is 5.11 Å². The number of rotatable bonds is 5. The lowest BCUT2D eigenvalue weighted by molar-refractivity contribution is 0.140. The maximum atomic E-state index is 10.4. The summed E-state index contributed by atoms with van der Waals surface area (Å²) in [5.41, 5.74) is 0.896. The van der Waals surface area contributed by atoms with Gasteiger partial charge in [0.1, 0.15) is 0 Å². The molecule has 0 spiro atoms. The highest BCUT2D eigenvalue weighted by molar-refractivity contribution is 9.10. The van der Waals surface area contributed by atoms with Gasteiger partial charge in [-0.1, -0.05) is 26.7 Å². The summed E-state index contributed by atoms with van der Waals surface area (Å²) in [7, 11) is 0. The number of hydrogen-bond donors (Lipinski definition) is 1. The van der Waals surface area contributed by atoms with Gasteiger partial charge in [-0.3, -0.25) is 0 Å². The Morgan fingerprint density at radius 1 is 1.20 bits per heavy atom. The van der Waals surface area contributed by atoms with Gasteiger partial charge in [-0.05, 0) is 46.0 Å². The Morgan fingerprint density at radius 2 is 1.90 bits per heavy atom. The van der Waals surface area contributed by atoms with Crippen LogP contribution in [0.25, 0.3) is 0 Å². The van der Waals surface area contributed by atoms with Crippen molar-refractivity contribution >= 4 is 15.9 Å². The third-order valence-electron chi connectivity index (χ3n) is 3.92. The lowest BCUT2D eigenvalue weighted by Gasteiger charge is -2.19. The number of ether oxygens (including phenoxy) is 2. The highest BCUT2D eigenvalue weighted by Gasteiger charge is 2.20. The van der Waals surface area contributed by atoms with E-state index in [4.69, 9.17) is 9.47 Å². The molecule has 1 aromatic carbocycles. The smallest absolute Gasteiger partial charge is 0.175 e. The summed E-state index contributed by atoms with van der Waals surface area (Å²) in [6.07, 6.45) is 3.41. The number of benzene rings is 1. The molecule has 2 rings (SSSR count). The third-order valence-corrected chi connectivity index (χ3v) is 4.51. The van der Waals surface area contributed by atoms with E-state index in [0.717, 1.165) is 47.2 Å². The molecule has 0 radical (unpaired) electrons. The first kappa shape index (κ1) is 15.6. The molecule has 0 fully saturated rings. The lowest BCUT2D eigenvalue weighted by atomic mass is 9.93. The molecule has 20 heavy (non-hydrogen) atoms. The van der Waals surface area contributed by atoms with Crippen LogP contribution in [-0.2, 0) is 0 Å². The van der Waals surface area contributed by atoms with E-state index in [1.807, 2.05) is 12.1 Å². The molecule has 1 N–H and O–H groups in total. The van der Waals surface area contributed by atoms with Gasteiger partial charge in [-0.2, -0.15) is 0 Å². The number of hydrogen-bond acceptors (Lipinski definition) is 3. The van der Waals surface area contributed by atoms with Crippen molar-refractivity contribution in [3.05, 3.63) is 22.2 Å². The standard InChI is InChI=1S/C16H23BrO3/c1-3-11(4-2)8-14(18)12-9-13(17)16-15(10-12)19-6-5-7-20-16/h9-11,14,18H,3-8H2,1-2H3. The Bertz CT molecular complexity index is 444. The molecule has 3 nitrogen and oxygen atoms in total. The van der Waals surface area contributed by atoms with Crippen molar-refractivity contribution in [1.82, 2.24) is 0 Å². The average Bonchev–Trinajstić information content (AvgIpc) is 2.70. The largest absolute Gasteiger partial charge is 0.490 e. The second kappa shape index (κ2) is 7.32. The van der Waals surface area contributed by atoms with Gasteiger partial charge in [0.25, 0.3) is 0 Å². The summed E-state index contributed by atoms with van der Waals surface area (Å²) in [4.78, 5) is 0. The van der Waals surface area contributed by atoms with E-state index >= 15 is 0 Å². The molecule has 112 valence electrons. The third kappa shape index (κ3) is 3.67. The van der Waals surface area contributed by atoms with Gasteiger partial charge in [0.05, 0.1) is 23.8 Å². The zero-order valence-electron chi connectivity index (χ0n) is 12.2. The highest BCUT2D eigenvalue weighted by atomic mass is 79.9. The van der Waals surface area contributed by atoms with Gasteiger partial charge in [0.2, 0.25) is 0 Å². The number of halogens is 1. The Morgan fingerprint density at radius 3 is 2.60 bits per heavy atom. The monoisotopic (exact) mass is 342 g/mol. The average molecular weight is 343 g/mol. The van der Waals surface area contributed by atoms with Crippen LogP contribution < -0.4 is 9.47 Å². The molecule has 0 saturated carbocycles. The fourth-order valence-electron chi connectivity index (χ4n) is 2.52. The molecule has 4 heteroatoms. The maximum absolute atomic E-state index is 10.4. The zero-order valence-corrected chi connectivity index (χ0v) is 13.8. The quantitative estimate of drug-likeness (QED) is 0.857. The minimum absolute atomic E-state index is 0.451. The molecular formula is C16H23BrO3. The minimum Gasteiger partial charge on any atom is -0.490 e. The van der Waals surface area contributed by atoms with Crippen molar-refractivity contribution in [2.24, 2.45) is 5.92 Å². The van der Waals surface area contributed by atoms with Gasteiger partial charge in [-0.25, -0.2) is 0 Å². The summed E-state index contributed by atoms with van der Waals surface area (Å²) in [6.45, 7) is 5.67. The number of aliphatic hydroxyl groups is 1. The van der Waals surface area contributed by atoms with Crippen molar-refractivity contribution in [3.8, 4) is 11.5 Å². The van der Waals surface area contributed by atoms with E-state index in [1.165, 1.54) is 0 Å². The van der Waals surface area contributed by atoms with Gasteiger partial charge < -0.3 is 14.6 Å². The molecule has 1 aromatic rings. The normalized spacial score (nSPS) is 16.1. The molecule has 1 aliphatic heterocycles. The fourth-order valence-corrected chi connectivity index (χ4v) is 3.09. The van der Waals surface area contributed by atoms with Crippen LogP contribution in [0.15, 0.2) is 16.6 Å². The van der Waals surface area contributed by atoms with Crippen LogP contribution in [0.2, 0.25) is 0 Å². The van der Waals surface area contributed by atoms with Crippen molar-refractivity contribution in [1.29, 1.82) is 0 Å². The topological polar surface area (TPSA) is 38.7 Å². The van der Waals surface area contributed by atoms with Crippen molar-refractivity contribution in [3.63, 3.8) is 0 Å². The molecular weight excluding hydrogens is 320 g/mol. The molecule has 1 unspecified atom stereocenters. The summed E-state index contributed by atoms with van der Waals surface area (Å²) in [6, 6.07) is 3.86. The van der Waals surface area contributed by atoms with Crippen LogP contribution in [0.4, 0.5) is 0 Å². The molecule has 1 aliphatic rings. The van der Waals surface area contributed by atoms with Crippen LogP contribution >= 0.6 is 15.9 Å². The highest BCUT2D eigenvalue weighted by Crippen LogP contribution is 2.40. The second-order valence-electron chi connectivity index (χ2n) is 5.31. The molecule has 0 aromatic heterocycles. The first-order valence-electron chi connectivity index (χ1n) is 7.42. The molecule has 0 bridgehead atoms. The molecule has 1 heterocycles. The van der Waals surface area contributed by atoms with Crippen molar-refractivity contribution in [2.75, 3.05) is 13.2 Å². The lowest BCUT2D eigenvalue weighted by Crippen LogP contribution is -2.06. The Hall–Kier alpha value is -0.740. The second-order valence-corrected chi connectivity index (χ2v) is 6.17. The van der Waals surface area contributed by atoms with E-state index in [2.05, 4.69) is 29.8 Å². The van der Waals surface area contributed by atoms with E-state index in [1.54, 1.807) is 0 Å². The zero-order chi connectivity index (χ0) is 14.5. The van der Waals surface area contributed by atoms with Crippen molar-refractivity contribution in [2.45, 2.75) is 45.6 Å². The van der Waals surface area contributed by atoms with Crippen LogP contribution in [0.5, 0.6) is 11.5 Å². The Labute approximate surface area is 129 Å². The summed E-state index contributed by atoms with van der Waals surface area (Å²) >= 11 is 3.52.